The molecule has 5 heteroatoms. The summed E-state index contributed by atoms with van der Waals surface area (Å²) in [5.41, 5.74) is 5.76. The number of hydrogen-bond donors (Lipinski definition) is 2. The third kappa shape index (κ3) is 5.49. The summed E-state index contributed by atoms with van der Waals surface area (Å²) in [6.07, 6.45) is 8.79. The summed E-state index contributed by atoms with van der Waals surface area (Å²) in [5.74, 6) is 0.286. The van der Waals surface area contributed by atoms with Crippen molar-refractivity contribution in [1.29, 1.82) is 0 Å². The van der Waals surface area contributed by atoms with E-state index < -0.39 is 9.84 Å². The average molecular weight is 415 g/mol. The molecule has 3 rings (SSSR count). The van der Waals surface area contributed by atoms with E-state index in [0.29, 0.717) is 4.90 Å². The Balaban J connectivity index is 2.05. The Morgan fingerprint density at radius 1 is 0.966 bits per heavy atom. The predicted octanol–water partition coefficient (Wildman–Crippen LogP) is 4.99. The summed E-state index contributed by atoms with van der Waals surface area (Å²) in [6.45, 7) is 0.230. The van der Waals surface area contributed by atoms with Crippen molar-refractivity contribution in [3.8, 4) is 5.75 Å². The second-order valence-electron chi connectivity index (χ2n) is 7.84. The number of allylic oxidation sites excluding steroid dienone is 2. The number of sulfone groups is 1. The number of rotatable bonds is 8. The third-order valence-electron chi connectivity index (χ3n) is 5.60. The molecule has 2 aromatic rings. The first-order chi connectivity index (χ1) is 13.9. The van der Waals surface area contributed by atoms with Crippen LogP contribution < -0.4 is 0 Å². The molecule has 156 valence electrons. The number of unbranched alkanes of at least 4 members (excludes halogenated alkanes) is 3. The number of benzene rings is 2. The molecule has 2 N–H and O–H groups in total. The molecule has 0 atom stereocenters. The highest BCUT2D eigenvalue weighted by molar-refractivity contribution is 7.90. The summed E-state index contributed by atoms with van der Waals surface area (Å²) >= 11 is 0. The fourth-order valence-corrected chi connectivity index (χ4v) is 4.80. The molecule has 0 saturated heterocycles. The van der Waals surface area contributed by atoms with Crippen molar-refractivity contribution in [2.24, 2.45) is 0 Å². The largest absolute Gasteiger partial charge is 0.508 e. The molecule has 1 aliphatic rings. The number of aromatic hydroxyl groups is 1. The van der Waals surface area contributed by atoms with Crippen molar-refractivity contribution in [3.05, 3.63) is 59.2 Å². The highest BCUT2D eigenvalue weighted by Crippen LogP contribution is 2.40. The molecule has 0 aliphatic heterocycles. The molecule has 0 aromatic heterocycles. The fraction of sp³-hybridized carbons (Fsp3) is 0.417. The van der Waals surface area contributed by atoms with Gasteiger partial charge in [-0.2, -0.15) is 0 Å². The van der Waals surface area contributed by atoms with Crippen LogP contribution in [0.1, 0.15) is 61.6 Å². The molecule has 0 bridgehead atoms. The molecule has 2 aromatic carbocycles. The second-order valence-corrected chi connectivity index (χ2v) is 9.86. The van der Waals surface area contributed by atoms with Crippen LogP contribution in [-0.4, -0.2) is 31.5 Å². The number of phenolic OH excluding ortho intramolecular Hbond substituents is 1. The van der Waals surface area contributed by atoms with Crippen molar-refractivity contribution >= 4 is 21.0 Å². The van der Waals surface area contributed by atoms with Crippen molar-refractivity contribution in [1.82, 2.24) is 0 Å². The first-order valence-corrected chi connectivity index (χ1v) is 12.2. The van der Waals surface area contributed by atoms with Gasteiger partial charge >= 0.3 is 0 Å². The fourth-order valence-electron chi connectivity index (χ4n) is 4.14. The van der Waals surface area contributed by atoms with E-state index in [2.05, 4.69) is 0 Å². The topological polar surface area (TPSA) is 74.6 Å². The molecule has 0 unspecified atom stereocenters. The van der Waals surface area contributed by atoms with Crippen LogP contribution in [0.3, 0.4) is 0 Å². The van der Waals surface area contributed by atoms with Crippen molar-refractivity contribution < 1.29 is 18.6 Å². The molecule has 0 fully saturated rings. The van der Waals surface area contributed by atoms with Gasteiger partial charge in [0.1, 0.15) is 5.75 Å². The smallest absolute Gasteiger partial charge is 0.175 e. The van der Waals surface area contributed by atoms with Gasteiger partial charge in [-0.3, -0.25) is 0 Å². The Labute approximate surface area is 173 Å². The van der Waals surface area contributed by atoms with Crippen LogP contribution in [0.15, 0.2) is 47.4 Å². The predicted molar refractivity (Wildman–Crippen MR) is 118 cm³/mol. The van der Waals surface area contributed by atoms with Crippen molar-refractivity contribution in [3.63, 3.8) is 0 Å². The summed E-state index contributed by atoms with van der Waals surface area (Å²) in [6, 6.07) is 12.9. The molecule has 1 aliphatic carbocycles. The molecular weight excluding hydrogens is 384 g/mol. The molecule has 4 nitrogen and oxygen atoms in total. The molecule has 0 saturated carbocycles. The molecule has 0 heterocycles. The van der Waals surface area contributed by atoms with Gasteiger partial charge in [-0.05, 0) is 90.6 Å². The zero-order valence-electron chi connectivity index (χ0n) is 17.0. The lowest BCUT2D eigenvalue weighted by Gasteiger charge is -2.17. The quantitative estimate of drug-likeness (QED) is 0.597. The minimum atomic E-state index is -3.26. The van der Waals surface area contributed by atoms with Crippen LogP contribution in [0.2, 0.25) is 0 Å². The normalized spacial score (nSPS) is 14.6. The Kier molecular flexibility index (Phi) is 7.14. The number of fused-ring (bicyclic) bond motifs is 1. The standard InChI is InChI=1S/C24H30O4S/c1-29(27,28)21-10-6-8-19(17-21)22-12-7-9-18-16-20(26)13-14-23(18)24(22)11-4-2-3-5-15-25/h6,8,10,13-14,16-17,25-26H,2-5,7,9,11-12,15H2,1H3. The lowest BCUT2D eigenvalue weighted by Crippen LogP contribution is -1.99. The van der Waals surface area contributed by atoms with Crippen LogP contribution in [0, 0.1) is 0 Å². The Hall–Kier alpha value is -2.11. The maximum absolute atomic E-state index is 12.1. The number of aryl methyl sites for hydroxylation is 1. The molecule has 0 radical (unpaired) electrons. The van der Waals surface area contributed by atoms with Gasteiger partial charge in [-0.15, -0.1) is 0 Å². The lowest BCUT2D eigenvalue weighted by atomic mass is 9.89. The second kappa shape index (κ2) is 9.59. The minimum absolute atomic E-state index is 0.230. The number of aliphatic hydroxyl groups excluding tert-OH is 1. The van der Waals surface area contributed by atoms with Crippen LogP contribution in [0.25, 0.3) is 11.1 Å². The van der Waals surface area contributed by atoms with E-state index in [9.17, 15) is 13.5 Å². The van der Waals surface area contributed by atoms with Gasteiger partial charge in [-0.1, -0.05) is 31.0 Å². The van der Waals surface area contributed by atoms with E-state index in [1.165, 1.54) is 23.0 Å². The summed E-state index contributed by atoms with van der Waals surface area (Å²) in [7, 11) is -3.26. The van der Waals surface area contributed by atoms with Gasteiger partial charge in [0.15, 0.2) is 9.84 Å². The molecule has 0 amide bonds. The third-order valence-corrected chi connectivity index (χ3v) is 6.71. The van der Waals surface area contributed by atoms with Gasteiger partial charge < -0.3 is 10.2 Å². The molecular formula is C24H30O4S. The average Bonchev–Trinajstić information content (AvgIpc) is 2.86. The van der Waals surface area contributed by atoms with Crippen LogP contribution >= 0.6 is 0 Å². The van der Waals surface area contributed by atoms with E-state index in [4.69, 9.17) is 5.11 Å². The van der Waals surface area contributed by atoms with Crippen LogP contribution in [0.4, 0.5) is 0 Å². The number of phenols is 1. The van der Waals surface area contributed by atoms with E-state index in [0.717, 1.165) is 62.5 Å². The Morgan fingerprint density at radius 3 is 2.52 bits per heavy atom. The summed E-state index contributed by atoms with van der Waals surface area (Å²) in [4.78, 5) is 0.347. The van der Waals surface area contributed by atoms with Crippen LogP contribution in [0.5, 0.6) is 5.75 Å². The van der Waals surface area contributed by atoms with Gasteiger partial charge in [-0.25, -0.2) is 8.42 Å². The highest BCUT2D eigenvalue weighted by atomic mass is 32.2. The van der Waals surface area contributed by atoms with Gasteiger partial charge in [0, 0.05) is 12.9 Å². The monoisotopic (exact) mass is 414 g/mol. The van der Waals surface area contributed by atoms with Gasteiger partial charge in [0.25, 0.3) is 0 Å². The van der Waals surface area contributed by atoms with Gasteiger partial charge in [0.2, 0.25) is 0 Å². The number of aliphatic hydroxyl groups is 1. The van der Waals surface area contributed by atoms with Gasteiger partial charge in [0.05, 0.1) is 4.90 Å². The van der Waals surface area contributed by atoms with E-state index in [1.54, 1.807) is 18.2 Å². The Morgan fingerprint density at radius 2 is 1.76 bits per heavy atom. The van der Waals surface area contributed by atoms with Crippen molar-refractivity contribution in [2.45, 2.75) is 56.3 Å². The zero-order chi connectivity index (χ0) is 20.9. The first-order valence-electron chi connectivity index (χ1n) is 10.4. The lowest BCUT2D eigenvalue weighted by molar-refractivity contribution is 0.282. The maximum atomic E-state index is 12.1. The van der Waals surface area contributed by atoms with E-state index in [1.807, 2.05) is 24.3 Å². The minimum Gasteiger partial charge on any atom is -0.508 e. The summed E-state index contributed by atoms with van der Waals surface area (Å²) in [5, 5.41) is 18.9. The molecule has 29 heavy (non-hydrogen) atoms. The van der Waals surface area contributed by atoms with E-state index in [-0.39, 0.29) is 12.4 Å². The Bertz CT molecular complexity index is 990. The van der Waals surface area contributed by atoms with Crippen molar-refractivity contribution in [2.75, 3.05) is 12.9 Å². The van der Waals surface area contributed by atoms with E-state index >= 15 is 0 Å². The zero-order valence-corrected chi connectivity index (χ0v) is 17.8. The summed E-state index contributed by atoms with van der Waals surface area (Å²) < 4.78 is 24.1. The number of hydrogen-bond acceptors (Lipinski definition) is 4. The molecule has 0 spiro atoms. The SMILES string of the molecule is CS(=O)(=O)c1cccc(C2=C(CCCCCCO)c3ccc(O)cc3CCC2)c1. The van der Waals surface area contributed by atoms with Crippen LogP contribution in [-0.2, 0) is 16.3 Å². The first kappa shape index (κ1) is 21.6. The maximum Gasteiger partial charge on any atom is 0.175 e. The highest BCUT2D eigenvalue weighted by Gasteiger charge is 2.20.